The molecule has 0 saturated carbocycles. The summed E-state index contributed by atoms with van der Waals surface area (Å²) < 4.78 is 0. The molecule has 0 N–H and O–H groups in total. The van der Waals surface area contributed by atoms with Crippen LogP contribution in [0.1, 0.15) is 42.7 Å². The summed E-state index contributed by atoms with van der Waals surface area (Å²) in [4.78, 5) is 32.6. The van der Waals surface area contributed by atoms with Gasteiger partial charge in [0.05, 0.1) is 5.92 Å². The van der Waals surface area contributed by atoms with Gasteiger partial charge in [-0.3, -0.25) is 19.5 Å². The quantitative estimate of drug-likeness (QED) is 0.822. The Labute approximate surface area is 156 Å². The van der Waals surface area contributed by atoms with Crippen LogP contribution < -0.4 is 4.90 Å². The van der Waals surface area contributed by atoms with Crippen LogP contribution in [0.25, 0.3) is 0 Å². The van der Waals surface area contributed by atoms with Gasteiger partial charge in [0.25, 0.3) is 0 Å². The minimum absolute atomic E-state index is 0.0407. The molecule has 2 amide bonds. The van der Waals surface area contributed by atoms with E-state index in [-0.39, 0.29) is 30.1 Å². The van der Waals surface area contributed by atoms with Crippen LogP contribution in [0.2, 0.25) is 0 Å². The van der Waals surface area contributed by atoms with E-state index in [0.717, 1.165) is 5.01 Å². The first-order valence-electron chi connectivity index (χ1n) is 8.85. The summed E-state index contributed by atoms with van der Waals surface area (Å²) in [5.41, 5.74) is 1.21. The Bertz CT molecular complexity index is 816. The van der Waals surface area contributed by atoms with Crippen LogP contribution in [0.5, 0.6) is 0 Å². The van der Waals surface area contributed by atoms with E-state index in [4.69, 9.17) is 0 Å². The maximum atomic E-state index is 12.7. The molecule has 0 aliphatic carbocycles. The number of nitrogens with zero attached hydrogens (tertiary/aromatic N) is 5. The van der Waals surface area contributed by atoms with Crippen molar-refractivity contribution in [2.24, 2.45) is 5.92 Å². The van der Waals surface area contributed by atoms with Crippen molar-refractivity contribution in [3.05, 3.63) is 35.1 Å². The zero-order valence-corrected chi connectivity index (χ0v) is 15.6. The Morgan fingerprint density at radius 3 is 2.58 bits per heavy atom. The standard InChI is InChI=1S/C18H21N5O2S/c1-11(2)16-20-21-18(26-16)23-10-13(7-15(23)24)17(25)22-8-14(9-22)12-3-5-19-6-4-12/h3-6,11,13-14H,7-10H2,1-2H3. The van der Waals surface area contributed by atoms with Gasteiger partial charge in [0.15, 0.2) is 0 Å². The van der Waals surface area contributed by atoms with Gasteiger partial charge in [-0.15, -0.1) is 10.2 Å². The molecular formula is C18H21N5O2S. The smallest absolute Gasteiger partial charge is 0.229 e. The predicted molar refractivity (Wildman–Crippen MR) is 98.0 cm³/mol. The van der Waals surface area contributed by atoms with Gasteiger partial charge in [0.2, 0.25) is 16.9 Å². The van der Waals surface area contributed by atoms with Gasteiger partial charge >= 0.3 is 0 Å². The van der Waals surface area contributed by atoms with Gasteiger partial charge in [-0.05, 0) is 17.7 Å². The lowest BCUT2D eigenvalue weighted by molar-refractivity contribution is -0.140. The van der Waals surface area contributed by atoms with Crippen molar-refractivity contribution >= 4 is 28.3 Å². The molecule has 136 valence electrons. The van der Waals surface area contributed by atoms with E-state index in [1.54, 1.807) is 17.3 Å². The maximum absolute atomic E-state index is 12.7. The van der Waals surface area contributed by atoms with Gasteiger partial charge < -0.3 is 4.90 Å². The maximum Gasteiger partial charge on any atom is 0.229 e. The van der Waals surface area contributed by atoms with E-state index in [1.807, 2.05) is 30.9 Å². The van der Waals surface area contributed by atoms with Crippen LogP contribution in [0, 0.1) is 5.92 Å². The first-order valence-corrected chi connectivity index (χ1v) is 9.67. The first-order chi connectivity index (χ1) is 12.5. The van der Waals surface area contributed by atoms with E-state index in [9.17, 15) is 9.59 Å². The summed E-state index contributed by atoms with van der Waals surface area (Å²) in [6.07, 6.45) is 3.81. The molecule has 2 aliphatic rings. The Morgan fingerprint density at radius 2 is 1.92 bits per heavy atom. The molecule has 1 atom stereocenters. The monoisotopic (exact) mass is 371 g/mol. The van der Waals surface area contributed by atoms with E-state index in [0.29, 0.717) is 30.7 Å². The van der Waals surface area contributed by atoms with Gasteiger partial charge in [-0.25, -0.2) is 0 Å². The summed E-state index contributed by atoms with van der Waals surface area (Å²) in [5, 5.41) is 9.79. The zero-order valence-electron chi connectivity index (χ0n) is 14.8. The second kappa shape index (κ2) is 6.75. The van der Waals surface area contributed by atoms with Gasteiger partial charge in [-0.1, -0.05) is 25.2 Å². The summed E-state index contributed by atoms with van der Waals surface area (Å²) >= 11 is 1.43. The molecule has 26 heavy (non-hydrogen) atoms. The summed E-state index contributed by atoms with van der Waals surface area (Å²) in [5.74, 6) is 0.391. The van der Waals surface area contributed by atoms with Crippen molar-refractivity contribution in [2.75, 3.05) is 24.5 Å². The summed E-state index contributed by atoms with van der Waals surface area (Å²) in [6, 6.07) is 3.99. The third-order valence-corrected chi connectivity index (χ3v) is 6.25. The highest BCUT2D eigenvalue weighted by Crippen LogP contribution is 2.33. The molecule has 2 aliphatic heterocycles. The highest BCUT2D eigenvalue weighted by molar-refractivity contribution is 7.15. The van der Waals surface area contributed by atoms with Crippen LogP contribution in [-0.2, 0) is 9.59 Å². The van der Waals surface area contributed by atoms with Crippen molar-refractivity contribution in [2.45, 2.75) is 32.1 Å². The average Bonchev–Trinajstić information content (AvgIpc) is 3.21. The minimum Gasteiger partial charge on any atom is -0.341 e. The van der Waals surface area contributed by atoms with Gasteiger partial charge in [-0.2, -0.15) is 0 Å². The number of anilines is 1. The van der Waals surface area contributed by atoms with Gasteiger partial charge in [0, 0.05) is 50.3 Å². The van der Waals surface area contributed by atoms with Crippen LogP contribution in [0.15, 0.2) is 24.5 Å². The normalized spacial score (nSPS) is 20.7. The van der Waals surface area contributed by atoms with Crippen molar-refractivity contribution in [3.8, 4) is 0 Å². The number of amides is 2. The zero-order chi connectivity index (χ0) is 18.3. The molecule has 7 nitrogen and oxygen atoms in total. The molecule has 4 rings (SSSR count). The lowest BCUT2D eigenvalue weighted by Crippen LogP contribution is -2.51. The number of pyridine rings is 1. The highest BCUT2D eigenvalue weighted by Gasteiger charge is 2.42. The number of rotatable bonds is 4. The number of likely N-dealkylation sites (tertiary alicyclic amines) is 1. The molecular weight excluding hydrogens is 350 g/mol. The second-order valence-corrected chi connectivity index (χ2v) is 8.19. The van der Waals surface area contributed by atoms with E-state index in [1.165, 1.54) is 16.9 Å². The SMILES string of the molecule is CC(C)c1nnc(N2CC(C(=O)N3CC(c4ccncc4)C3)CC2=O)s1. The second-order valence-electron chi connectivity index (χ2n) is 7.20. The minimum atomic E-state index is -0.285. The van der Waals surface area contributed by atoms with Crippen molar-refractivity contribution in [3.63, 3.8) is 0 Å². The molecule has 0 radical (unpaired) electrons. The fourth-order valence-electron chi connectivity index (χ4n) is 3.39. The molecule has 0 spiro atoms. The first kappa shape index (κ1) is 17.1. The Morgan fingerprint density at radius 1 is 1.19 bits per heavy atom. The number of hydrogen-bond acceptors (Lipinski definition) is 6. The summed E-state index contributed by atoms with van der Waals surface area (Å²) in [6.45, 7) is 5.92. The fourth-order valence-corrected chi connectivity index (χ4v) is 4.26. The molecule has 0 aromatic carbocycles. The molecule has 8 heteroatoms. The highest BCUT2D eigenvalue weighted by atomic mass is 32.1. The lowest BCUT2D eigenvalue weighted by atomic mass is 9.90. The van der Waals surface area contributed by atoms with E-state index in [2.05, 4.69) is 15.2 Å². The third kappa shape index (κ3) is 3.09. The van der Waals surface area contributed by atoms with Crippen LogP contribution in [-0.4, -0.2) is 51.5 Å². The Balaban J connectivity index is 1.37. The summed E-state index contributed by atoms with van der Waals surface area (Å²) in [7, 11) is 0. The van der Waals surface area contributed by atoms with Crippen LogP contribution >= 0.6 is 11.3 Å². The number of hydrogen-bond donors (Lipinski definition) is 0. The molecule has 4 heterocycles. The topological polar surface area (TPSA) is 79.3 Å². The number of carbonyl (C=O) groups excluding carboxylic acids is 2. The Kier molecular flexibility index (Phi) is 4.44. The third-order valence-electron chi connectivity index (χ3n) is 5.00. The number of carbonyl (C=O) groups is 2. The van der Waals surface area contributed by atoms with E-state index >= 15 is 0 Å². The fraction of sp³-hybridized carbons (Fsp3) is 0.500. The molecule has 2 aromatic heterocycles. The van der Waals surface area contributed by atoms with Crippen molar-refractivity contribution in [1.82, 2.24) is 20.1 Å². The molecule has 2 saturated heterocycles. The lowest BCUT2D eigenvalue weighted by Gasteiger charge is -2.40. The molecule has 2 aromatic rings. The number of aromatic nitrogens is 3. The van der Waals surface area contributed by atoms with Crippen LogP contribution in [0.4, 0.5) is 5.13 Å². The molecule has 2 fully saturated rings. The largest absolute Gasteiger partial charge is 0.341 e. The molecule has 1 unspecified atom stereocenters. The van der Waals surface area contributed by atoms with E-state index < -0.39 is 0 Å². The van der Waals surface area contributed by atoms with Gasteiger partial charge in [0.1, 0.15) is 5.01 Å². The van der Waals surface area contributed by atoms with Crippen molar-refractivity contribution < 1.29 is 9.59 Å². The molecule has 0 bridgehead atoms. The Hall–Kier alpha value is -2.35. The van der Waals surface area contributed by atoms with Crippen LogP contribution in [0.3, 0.4) is 0 Å². The predicted octanol–water partition coefficient (Wildman–Crippen LogP) is 2.04. The van der Waals surface area contributed by atoms with Crippen molar-refractivity contribution in [1.29, 1.82) is 0 Å². The average molecular weight is 371 g/mol.